The summed E-state index contributed by atoms with van der Waals surface area (Å²) in [5.41, 5.74) is 2.42. The molecule has 0 aromatic heterocycles. The smallest absolute Gasteiger partial charge is 0.164 e. The van der Waals surface area contributed by atoms with Gasteiger partial charge in [0, 0.05) is 5.56 Å². The van der Waals surface area contributed by atoms with Crippen LogP contribution in [0.1, 0.15) is 18.1 Å². The maximum atomic E-state index is 5.67. The van der Waals surface area contributed by atoms with Gasteiger partial charge in [-0.1, -0.05) is 13.0 Å². The highest BCUT2D eigenvalue weighted by Gasteiger charge is 2.17. The van der Waals surface area contributed by atoms with E-state index in [4.69, 9.17) is 15.4 Å². The Balaban J connectivity index is 2.31. The van der Waals surface area contributed by atoms with E-state index in [0.29, 0.717) is 19.8 Å². The van der Waals surface area contributed by atoms with E-state index < -0.39 is 0 Å². The maximum absolute atomic E-state index is 5.67. The molecule has 1 aromatic rings. The van der Waals surface area contributed by atoms with Crippen molar-refractivity contribution in [3.05, 3.63) is 23.3 Å². The summed E-state index contributed by atoms with van der Waals surface area (Å²) in [6.45, 7) is 3.88. The van der Waals surface area contributed by atoms with Crippen LogP contribution < -0.4 is 15.4 Å². The Hall–Kier alpha value is -1.26. The van der Waals surface area contributed by atoms with Crippen LogP contribution in [0.3, 0.4) is 0 Å². The van der Waals surface area contributed by atoms with E-state index in [0.717, 1.165) is 24.3 Å². The second kappa shape index (κ2) is 5.18. The lowest BCUT2D eigenvalue weighted by Gasteiger charge is -2.22. The summed E-state index contributed by atoms with van der Waals surface area (Å²) >= 11 is 0. The summed E-state index contributed by atoms with van der Waals surface area (Å²) in [4.78, 5) is 4.62. The predicted molar refractivity (Wildman–Crippen MR) is 60.7 cm³/mol. The molecular weight excluding hydrogens is 206 g/mol. The highest BCUT2D eigenvalue weighted by molar-refractivity contribution is 5.51. The molecule has 2 N–H and O–H groups in total. The third-order valence-electron chi connectivity index (χ3n) is 2.75. The Morgan fingerprint density at radius 2 is 2.12 bits per heavy atom. The molecule has 1 aliphatic heterocycles. The number of ether oxygens (including phenoxy) is 2. The van der Waals surface area contributed by atoms with E-state index in [1.54, 1.807) is 0 Å². The fourth-order valence-electron chi connectivity index (χ4n) is 2.01. The average Bonchev–Trinajstić information content (AvgIpc) is 2.35. The minimum Gasteiger partial charge on any atom is -0.486 e. The first-order valence-electron chi connectivity index (χ1n) is 5.58. The van der Waals surface area contributed by atoms with Crippen LogP contribution in [0.15, 0.2) is 12.1 Å². The summed E-state index contributed by atoms with van der Waals surface area (Å²) in [6, 6.07) is 4.02. The fourth-order valence-corrected chi connectivity index (χ4v) is 2.01. The van der Waals surface area contributed by atoms with Crippen molar-refractivity contribution in [3.63, 3.8) is 0 Å². The lowest BCUT2D eigenvalue weighted by molar-refractivity contribution is 0.140. The van der Waals surface area contributed by atoms with E-state index in [-0.39, 0.29) is 0 Å². The number of benzene rings is 1. The minimum atomic E-state index is 0.520. The standard InChI is InChI=1S/C12H17NO3/c1-2-10-9(5-6-16-13)3-4-11-12(10)15-8-7-14-11/h3-4H,2,5-8,13H2,1H3. The van der Waals surface area contributed by atoms with Gasteiger partial charge in [0.05, 0.1) is 6.61 Å². The number of hydrogen-bond donors (Lipinski definition) is 1. The second-order valence-corrected chi connectivity index (χ2v) is 3.70. The Morgan fingerprint density at radius 3 is 2.88 bits per heavy atom. The summed E-state index contributed by atoms with van der Waals surface area (Å²) in [6.07, 6.45) is 1.72. The lowest BCUT2D eigenvalue weighted by Crippen LogP contribution is -2.17. The average molecular weight is 223 g/mol. The van der Waals surface area contributed by atoms with Crippen LogP contribution in [-0.2, 0) is 17.7 Å². The molecule has 0 aliphatic carbocycles. The molecule has 0 fully saturated rings. The third-order valence-corrected chi connectivity index (χ3v) is 2.75. The van der Waals surface area contributed by atoms with E-state index in [1.807, 2.05) is 6.07 Å². The molecule has 4 heteroatoms. The highest BCUT2D eigenvalue weighted by atomic mass is 16.6. The highest BCUT2D eigenvalue weighted by Crippen LogP contribution is 2.36. The monoisotopic (exact) mass is 223 g/mol. The molecule has 1 aromatic carbocycles. The van der Waals surface area contributed by atoms with Crippen molar-refractivity contribution in [2.75, 3.05) is 19.8 Å². The molecule has 0 saturated carbocycles. The molecule has 0 amide bonds. The zero-order valence-electron chi connectivity index (χ0n) is 9.49. The molecule has 88 valence electrons. The number of rotatable bonds is 4. The number of nitrogens with two attached hydrogens (primary N) is 1. The van der Waals surface area contributed by atoms with Gasteiger partial charge in [0.25, 0.3) is 0 Å². The minimum absolute atomic E-state index is 0.520. The van der Waals surface area contributed by atoms with Crippen LogP contribution in [0.2, 0.25) is 0 Å². The summed E-state index contributed by atoms with van der Waals surface area (Å²) in [5.74, 6) is 6.79. The van der Waals surface area contributed by atoms with Gasteiger partial charge in [0.15, 0.2) is 11.5 Å². The molecule has 1 aliphatic rings. The van der Waals surface area contributed by atoms with Crippen LogP contribution in [-0.4, -0.2) is 19.8 Å². The molecule has 0 bridgehead atoms. The Bertz CT molecular complexity index is 366. The first-order chi connectivity index (χ1) is 7.86. The first-order valence-corrected chi connectivity index (χ1v) is 5.58. The number of fused-ring (bicyclic) bond motifs is 1. The lowest BCUT2D eigenvalue weighted by atomic mass is 10.0. The molecule has 4 nitrogen and oxygen atoms in total. The first kappa shape index (κ1) is 11.2. The van der Waals surface area contributed by atoms with Crippen LogP contribution in [0.4, 0.5) is 0 Å². The molecule has 1 heterocycles. The van der Waals surface area contributed by atoms with Crippen molar-refractivity contribution in [1.29, 1.82) is 0 Å². The second-order valence-electron chi connectivity index (χ2n) is 3.70. The molecule has 16 heavy (non-hydrogen) atoms. The van der Waals surface area contributed by atoms with Crippen molar-refractivity contribution >= 4 is 0 Å². The van der Waals surface area contributed by atoms with Crippen LogP contribution in [0.25, 0.3) is 0 Å². The van der Waals surface area contributed by atoms with Gasteiger partial charge in [-0.2, -0.15) is 0 Å². The van der Waals surface area contributed by atoms with Gasteiger partial charge in [-0.3, -0.25) is 0 Å². The maximum Gasteiger partial charge on any atom is 0.164 e. The van der Waals surface area contributed by atoms with Crippen molar-refractivity contribution in [2.24, 2.45) is 5.90 Å². The topological polar surface area (TPSA) is 53.7 Å². The normalized spacial score (nSPS) is 13.9. The fraction of sp³-hybridized carbons (Fsp3) is 0.500. The van der Waals surface area contributed by atoms with Crippen molar-refractivity contribution in [2.45, 2.75) is 19.8 Å². The van der Waals surface area contributed by atoms with Crippen LogP contribution in [0, 0.1) is 0 Å². The third kappa shape index (κ3) is 2.13. The molecule has 0 saturated heterocycles. The summed E-state index contributed by atoms with van der Waals surface area (Å²) in [7, 11) is 0. The van der Waals surface area contributed by atoms with E-state index in [1.165, 1.54) is 11.1 Å². The summed E-state index contributed by atoms with van der Waals surface area (Å²) < 4.78 is 11.2. The van der Waals surface area contributed by atoms with Crippen molar-refractivity contribution in [3.8, 4) is 11.5 Å². The SMILES string of the molecule is CCc1c(CCON)ccc2c1OCCO2. The van der Waals surface area contributed by atoms with E-state index in [9.17, 15) is 0 Å². The molecule has 0 radical (unpaired) electrons. The van der Waals surface area contributed by atoms with Crippen molar-refractivity contribution < 1.29 is 14.3 Å². The van der Waals surface area contributed by atoms with Crippen molar-refractivity contribution in [1.82, 2.24) is 0 Å². The number of hydrogen-bond acceptors (Lipinski definition) is 4. The molecule has 2 rings (SSSR count). The van der Waals surface area contributed by atoms with Gasteiger partial charge < -0.3 is 14.3 Å². The molecule has 0 spiro atoms. The molecule has 0 atom stereocenters. The van der Waals surface area contributed by atoms with Crippen LogP contribution >= 0.6 is 0 Å². The Kier molecular flexibility index (Phi) is 3.64. The zero-order chi connectivity index (χ0) is 11.4. The van der Waals surface area contributed by atoms with Gasteiger partial charge in [-0.15, -0.1) is 0 Å². The molecule has 0 unspecified atom stereocenters. The summed E-state index contributed by atoms with van der Waals surface area (Å²) in [5, 5.41) is 0. The predicted octanol–water partition coefficient (Wildman–Crippen LogP) is 1.45. The Labute approximate surface area is 95.2 Å². The van der Waals surface area contributed by atoms with Crippen LogP contribution in [0.5, 0.6) is 11.5 Å². The van der Waals surface area contributed by atoms with E-state index in [2.05, 4.69) is 17.8 Å². The van der Waals surface area contributed by atoms with Gasteiger partial charge in [0.1, 0.15) is 13.2 Å². The van der Waals surface area contributed by atoms with Gasteiger partial charge in [-0.25, -0.2) is 5.90 Å². The quantitative estimate of drug-likeness (QED) is 0.785. The van der Waals surface area contributed by atoms with E-state index >= 15 is 0 Å². The van der Waals surface area contributed by atoms with Gasteiger partial charge >= 0.3 is 0 Å². The van der Waals surface area contributed by atoms with Gasteiger partial charge in [-0.05, 0) is 24.5 Å². The van der Waals surface area contributed by atoms with Gasteiger partial charge in [0.2, 0.25) is 0 Å². The zero-order valence-corrected chi connectivity index (χ0v) is 9.49. The Morgan fingerprint density at radius 1 is 1.31 bits per heavy atom. The largest absolute Gasteiger partial charge is 0.486 e. The molecular formula is C12H17NO3.